The van der Waals surface area contributed by atoms with E-state index in [2.05, 4.69) is 5.32 Å². The van der Waals surface area contributed by atoms with Crippen molar-refractivity contribution in [2.45, 2.75) is 12.5 Å². The number of carboxylic acid groups (broad SMARTS) is 1. The third kappa shape index (κ3) is 4.85. The van der Waals surface area contributed by atoms with Gasteiger partial charge < -0.3 is 29.4 Å². The Morgan fingerprint density at radius 1 is 0.929 bits per heavy atom. The Bertz CT molecular complexity index is 808. The highest BCUT2D eigenvalue weighted by Gasteiger charge is 2.23. The van der Waals surface area contributed by atoms with Crippen LogP contribution >= 0.6 is 0 Å². The van der Waals surface area contributed by atoms with Gasteiger partial charge >= 0.3 is 5.97 Å². The Kier molecular flexibility index (Phi) is 7.08. The molecule has 28 heavy (non-hydrogen) atoms. The van der Waals surface area contributed by atoms with Crippen molar-refractivity contribution >= 4 is 11.9 Å². The summed E-state index contributed by atoms with van der Waals surface area (Å²) in [4.78, 5) is 24.1. The molecule has 0 aliphatic rings. The van der Waals surface area contributed by atoms with E-state index in [1.165, 1.54) is 28.4 Å². The second kappa shape index (κ2) is 9.50. The van der Waals surface area contributed by atoms with Crippen LogP contribution in [0, 0.1) is 0 Å². The van der Waals surface area contributed by atoms with E-state index in [0.29, 0.717) is 34.1 Å². The Morgan fingerprint density at radius 2 is 1.50 bits per heavy atom. The van der Waals surface area contributed by atoms with Gasteiger partial charge in [0.25, 0.3) is 0 Å². The van der Waals surface area contributed by atoms with Gasteiger partial charge in [-0.25, -0.2) is 4.79 Å². The zero-order chi connectivity index (χ0) is 20.7. The first-order valence-corrected chi connectivity index (χ1v) is 8.38. The van der Waals surface area contributed by atoms with E-state index in [9.17, 15) is 14.7 Å². The number of hydrogen-bond donors (Lipinski definition) is 2. The molecule has 2 aromatic rings. The van der Waals surface area contributed by atoms with Gasteiger partial charge in [-0.05, 0) is 35.4 Å². The smallest absolute Gasteiger partial charge is 0.330 e. The third-order valence-electron chi connectivity index (χ3n) is 4.09. The first-order chi connectivity index (χ1) is 13.4. The van der Waals surface area contributed by atoms with Crippen LogP contribution in [0.15, 0.2) is 36.4 Å². The molecular weight excluding hydrogens is 366 g/mol. The van der Waals surface area contributed by atoms with Gasteiger partial charge in [0.1, 0.15) is 5.75 Å². The molecule has 0 aromatic heterocycles. The molecule has 8 nitrogen and oxygen atoms in total. The number of hydrogen-bond acceptors (Lipinski definition) is 6. The number of methoxy groups -OCH3 is 4. The number of carboxylic acids is 1. The molecule has 2 rings (SSSR count). The van der Waals surface area contributed by atoms with Gasteiger partial charge in [-0.3, -0.25) is 4.79 Å². The summed E-state index contributed by atoms with van der Waals surface area (Å²) < 4.78 is 20.9. The molecule has 0 aliphatic carbocycles. The number of amides is 1. The molecule has 1 atom stereocenters. The minimum absolute atomic E-state index is 0.0589. The molecule has 0 saturated carbocycles. The van der Waals surface area contributed by atoms with E-state index in [4.69, 9.17) is 18.9 Å². The average Bonchev–Trinajstić information content (AvgIpc) is 2.71. The van der Waals surface area contributed by atoms with E-state index in [-0.39, 0.29) is 6.42 Å². The van der Waals surface area contributed by atoms with Gasteiger partial charge in [0.15, 0.2) is 17.5 Å². The molecule has 8 heteroatoms. The fourth-order valence-electron chi connectivity index (χ4n) is 2.72. The predicted octanol–water partition coefficient (Wildman–Crippen LogP) is 2.21. The van der Waals surface area contributed by atoms with Gasteiger partial charge in [-0.2, -0.15) is 0 Å². The topological polar surface area (TPSA) is 103 Å². The van der Waals surface area contributed by atoms with Crippen LogP contribution < -0.4 is 24.3 Å². The highest BCUT2D eigenvalue weighted by molar-refractivity contribution is 5.86. The summed E-state index contributed by atoms with van der Waals surface area (Å²) >= 11 is 0. The lowest BCUT2D eigenvalue weighted by molar-refractivity contribution is -0.142. The molecule has 2 aromatic carbocycles. The number of rotatable bonds is 9. The fourth-order valence-corrected chi connectivity index (χ4v) is 2.72. The molecule has 1 amide bonds. The first kappa shape index (κ1) is 20.9. The number of ether oxygens (including phenoxy) is 4. The van der Waals surface area contributed by atoms with Crippen molar-refractivity contribution in [3.05, 3.63) is 47.5 Å². The minimum Gasteiger partial charge on any atom is -0.497 e. The summed E-state index contributed by atoms with van der Waals surface area (Å²) in [5.74, 6) is 0.206. The van der Waals surface area contributed by atoms with Crippen LogP contribution in [-0.4, -0.2) is 45.4 Å². The minimum atomic E-state index is -1.18. The number of carbonyl (C=O) groups is 2. The lowest BCUT2D eigenvalue weighted by Gasteiger charge is -2.17. The van der Waals surface area contributed by atoms with Crippen molar-refractivity contribution in [1.82, 2.24) is 5.32 Å². The fraction of sp³-hybridized carbons (Fsp3) is 0.300. The Labute approximate surface area is 163 Å². The van der Waals surface area contributed by atoms with Crippen LogP contribution in [0.3, 0.4) is 0 Å². The highest BCUT2D eigenvalue weighted by atomic mass is 16.5. The molecule has 0 fully saturated rings. The average molecular weight is 389 g/mol. The zero-order valence-electron chi connectivity index (χ0n) is 16.1. The predicted molar refractivity (Wildman–Crippen MR) is 101 cm³/mol. The maximum atomic E-state index is 12.5. The number of carbonyl (C=O) groups excluding carboxylic acids is 1. The van der Waals surface area contributed by atoms with E-state index < -0.39 is 17.9 Å². The van der Waals surface area contributed by atoms with Crippen LogP contribution in [-0.2, 0) is 16.0 Å². The summed E-state index contributed by atoms with van der Waals surface area (Å²) in [6.45, 7) is 0. The van der Waals surface area contributed by atoms with Crippen LogP contribution in [0.4, 0.5) is 0 Å². The number of benzene rings is 2. The normalized spacial score (nSPS) is 11.3. The number of aliphatic carboxylic acids is 1. The maximum Gasteiger partial charge on any atom is 0.330 e. The largest absolute Gasteiger partial charge is 0.497 e. The van der Waals surface area contributed by atoms with Crippen LogP contribution in [0.25, 0.3) is 0 Å². The second-order valence-electron chi connectivity index (χ2n) is 5.82. The molecule has 0 radical (unpaired) electrons. The van der Waals surface area contributed by atoms with E-state index >= 15 is 0 Å². The molecule has 0 bridgehead atoms. The van der Waals surface area contributed by atoms with Crippen molar-refractivity contribution < 1.29 is 33.6 Å². The van der Waals surface area contributed by atoms with Crippen molar-refractivity contribution in [3.63, 3.8) is 0 Å². The maximum absolute atomic E-state index is 12.5. The lowest BCUT2D eigenvalue weighted by atomic mass is 10.1. The summed E-state index contributed by atoms with van der Waals surface area (Å²) in [5, 5.41) is 12.0. The molecule has 0 aliphatic heterocycles. The molecule has 150 valence electrons. The van der Waals surface area contributed by atoms with Crippen LogP contribution in [0.5, 0.6) is 23.0 Å². The first-order valence-electron chi connectivity index (χ1n) is 8.38. The van der Waals surface area contributed by atoms with Gasteiger partial charge in [0, 0.05) is 0 Å². The summed E-state index contributed by atoms with van der Waals surface area (Å²) in [7, 11) is 5.96. The van der Waals surface area contributed by atoms with Gasteiger partial charge in [0.2, 0.25) is 11.7 Å². The van der Waals surface area contributed by atoms with E-state index in [1.54, 1.807) is 36.4 Å². The summed E-state index contributed by atoms with van der Waals surface area (Å²) in [6, 6.07) is 8.57. The highest BCUT2D eigenvalue weighted by Crippen LogP contribution is 2.38. The van der Waals surface area contributed by atoms with Gasteiger partial charge in [-0.15, -0.1) is 0 Å². The molecule has 0 spiro atoms. The Morgan fingerprint density at radius 3 is 1.93 bits per heavy atom. The summed E-state index contributed by atoms with van der Waals surface area (Å²) in [5.41, 5.74) is 1.03. The molecule has 2 N–H and O–H groups in total. The molecular formula is C20H23NO7. The van der Waals surface area contributed by atoms with E-state index in [0.717, 1.165) is 0 Å². The standard InChI is InChI=1S/C20H23NO7/c1-25-14-7-5-13(6-8-14)18(20(23)24)21-17(22)11-12-9-15(26-2)19(28-4)16(10-12)27-3/h5-10,18H,11H2,1-4H3,(H,21,22)(H,23,24). The van der Waals surface area contributed by atoms with Crippen LogP contribution in [0.2, 0.25) is 0 Å². The van der Waals surface area contributed by atoms with Gasteiger partial charge in [-0.1, -0.05) is 12.1 Å². The van der Waals surface area contributed by atoms with Crippen molar-refractivity contribution in [1.29, 1.82) is 0 Å². The quantitative estimate of drug-likeness (QED) is 0.678. The SMILES string of the molecule is COc1ccc(C(NC(=O)Cc2cc(OC)c(OC)c(OC)c2)C(=O)O)cc1. The van der Waals surface area contributed by atoms with Crippen molar-refractivity contribution in [2.75, 3.05) is 28.4 Å². The van der Waals surface area contributed by atoms with E-state index in [1.807, 2.05) is 0 Å². The number of nitrogens with one attached hydrogen (secondary N) is 1. The molecule has 0 heterocycles. The Balaban J connectivity index is 2.19. The van der Waals surface area contributed by atoms with Gasteiger partial charge in [0.05, 0.1) is 34.9 Å². The summed E-state index contributed by atoms with van der Waals surface area (Å²) in [6.07, 6.45) is -0.0589. The molecule has 0 saturated heterocycles. The van der Waals surface area contributed by atoms with Crippen molar-refractivity contribution in [3.8, 4) is 23.0 Å². The second-order valence-corrected chi connectivity index (χ2v) is 5.82. The monoisotopic (exact) mass is 389 g/mol. The Hall–Kier alpha value is -3.42. The zero-order valence-corrected chi connectivity index (χ0v) is 16.1. The lowest BCUT2D eigenvalue weighted by Crippen LogP contribution is -2.34. The third-order valence-corrected chi connectivity index (χ3v) is 4.09. The van der Waals surface area contributed by atoms with Crippen molar-refractivity contribution in [2.24, 2.45) is 0 Å². The molecule has 1 unspecified atom stereocenters. The van der Waals surface area contributed by atoms with Crippen LogP contribution in [0.1, 0.15) is 17.2 Å².